The molecule has 104 valence electrons. The Hall–Kier alpha value is -2.06. The van der Waals surface area contributed by atoms with Gasteiger partial charge in [0.05, 0.1) is 0 Å². The van der Waals surface area contributed by atoms with E-state index in [1.807, 2.05) is 6.07 Å². The van der Waals surface area contributed by atoms with Gasteiger partial charge in [-0.25, -0.2) is 0 Å². The predicted octanol–water partition coefficient (Wildman–Crippen LogP) is 5.69. The Balaban J connectivity index is 1.92. The first kappa shape index (κ1) is 13.9. The van der Waals surface area contributed by atoms with Gasteiger partial charge in [-0.3, -0.25) is 0 Å². The van der Waals surface area contributed by atoms with E-state index in [0.717, 1.165) is 15.9 Å². The van der Waals surface area contributed by atoms with Crippen LogP contribution in [-0.2, 0) is 0 Å². The molecular weight excluding hydrogens is 322 g/mol. The van der Waals surface area contributed by atoms with Gasteiger partial charge in [-0.1, -0.05) is 52.8 Å². The minimum absolute atomic E-state index is 0.974. The van der Waals surface area contributed by atoms with Crippen LogP contribution in [0.4, 0.5) is 5.69 Å². The third kappa shape index (κ3) is 2.86. The third-order valence-electron chi connectivity index (χ3n) is 3.56. The highest BCUT2D eigenvalue weighted by molar-refractivity contribution is 9.10. The number of anilines is 1. The highest BCUT2D eigenvalue weighted by Gasteiger charge is 2.13. The van der Waals surface area contributed by atoms with Gasteiger partial charge in [0.25, 0.3) is 0 Å². The monoisotopic (exact) mass is 337 g/mol. The van der Waals surface area contributed by atoms with Gasteiger partial charge >= 0.3 is 0 Å². The summed E-state index contributed by atoms with van der Waals surface area (Å²) in [4.78, 5) is 2.12. The van der Waals surface area contributed by atoms with Crippen LogP contribution in [-0.4, -0.2) is 0 Å². The zero-order valence-corrected chi connectivity index (χ0v) is 13.5. The number of nitrogens with zero attached hydrogens (tertiary/aromatic N) is 1. The summed E-state index contributed by atoms with van der Waals surface area (Å²) in [6.45, 7) is 6.31. The van der Waals surface area contributed by atoms with Gasteiger partial charge in [-0.05, 0) is 54.0 Å². The summed E-state index contributed by atoms with van der Waals surface area (Å²) >= 11 is 3.50. The number of rotatable bonds is 2. The molecular formula is C19H16BrN. The van der Waals surface area contributed by atoms with Crippen molar-refractivity contribution in [3.8, 4) is 0 Å². The molecule has 0 amide bonds. The van der Waals surface area contributed by atoms with E-state index in [1.165, 1.54) is 16.7 Å². The van der Waals surface area contributed by atoms with Crippen molar-refractivity contribution in [2.24, 2.45) is 0 Å². The first-order chi connectivity index (χ1) is 10.1. The number of aryl methyl sites for hydroxylation is 1. The lowest BCUT2D eigenvalue weighted by molar-refractivity contribution is 1.18. The van der Waals surface area contributed by atoms with Crippen LogP contribution in [0, 0.1) is 6.92 Å². The molecule has 0 fully saturated rings. The summed E-state index contributed by atoms with van der Waals surface area (Å²) in [5.41, 5.74) is 5.74. The lowest BCUT2D eigenvalue weighted by Gasteiger charge is -2.26. The number of hydrogen-bond donors (Lipinski definition) is 0. The van der Waals surface area contributed by atoms with Gasteiger partial charge in [-0.2, -0.15) is 0 Å². The maximum atomic E-state index is 4.20. The normalized spacial score (nSPS) is 14.3. The van der Waals surface area contributed by atoms with Crippen LogP contribution in [0.5, 0.6) is 0 Å². The zero-order valence-electron chi connectivity index (χ0n) is 11.9. The molecule has 2 aromatic rings. The van der Waals surface area contributed by atoms with E-state index < -0.39 is 0 Å². The van der Waals surface area contributed by atoms with Gasteiger partial charge in [0.1, 0.15) is 0 Å². The lowest BCUT2D eigenvalue weighted by atomic mass is 10.0. The van der Waals surface area contributed by atoms with E-state index in [9.17, 15) is 0 Å². The van der Waals surface area contributed by atoms with Gasteiger partial charge in [0, 0.05) is 22.1 Å². The molecule has 0 aliphatic carbocycles. The topological polar surface area (TPSA) is 3.24 Å². The molecule has 0 radical (unpaired) electrons. The molecule has 0 bridgehead atoms. The van der Waals surface area contributed by atoms with Crippen LogP contribution >= 0.6 is 15.9 Å². The fourth-order valence-corrected chi connectivity index (χ4v) is 2.96. The van der Waals surface area contributed by atoms with Crippen molar-refractivity contribution in [2.75, 3.05) is 4.90 Å². The van der Waals surface area contributed by atoms with Gasteiger partial charge in [0.2, 0.25) is 0 Å². The van der Waals surface area contributed by atoms with Crippen LogP contribution in [0.15, 0.2) is 83.6 Å². The highest BCUT2D eigenvalue weighted by atomic mass is 79.9. The van der Waals surface area contributed by atoms with E-state index in [-0.39, 0.29) is 0 Å². The van der Waals surface area contributed by atoms with Crippen molar-refractivity contribution in [1.82, 2.24) is 0 Å². The fourth-order valence-electron chi connectivity index (χ4n) is 2.48. The first-order valence-corrected chi connectivity index (χ1v) is 7.64. The smallest absolute Gasteiger partial charge is 0.0485 e. The average molecular weight is 338 g/mol. The van der Waals surface area contributed by atoms with Crippen LogP contribution in [0.3, 0.4) is 0 Å². The predicted molar refractivity (Wildman–Crippen MR) is 94.1 cm³/mol. The molecule has 3 rings (SSSR count). The van der Waals surface area contributed by atoms with Gasteiger partial charge < -0.3 is 4.90 Å². The molecule has 1 nitrogen and oxygen atoms in total. The maximum Gasteiger partial charge on any atom is 0.0485 e. The Morgan fingerprint density at radius 1 is 1.05 bits per heavy atom. The van der Waals surface area contributed by atoms with Gasteiger partial charge in [-0.15, -0.1) is 0 Å². The largest absolute Gasteiger partial charge is 0.317 e. The molecule has 1 aliphatic heterocycles. The second-order valence-corrected chi connectivity index (χ2v) is 5.99. The van der Waals surface area contributed by atoms with Gasteiger partial charge in [0.15, 0.2) is 0 Å². The van der Waals surface area contributed by atoms with Crippen LogP contribution in [0.2, 0.25) is 0 Å². The summed E-state index contributed by atoms with van der Waals surface area (Å²) in [6, 6.07) is 16.6. The van der Waals surface area contributed by atoms with E-state index in [2.05, 4.69) is 95.1 Å². The van der Waals surface area contributed by atoms with Crippen molar-refractivity contribution in [3.05, 3.63) is 94.8 Å². The fraction of sp³-hybridized carbons (Fsp3) is 0.0526. The molecule has 2 aromatic carbocycles. The van der Waals surface area contributed by atoms with E-state index in [4.69, 9.17) is 0 Å². The second kappa shape index (κ2) is 5.74. The van der Waals surface area contributed by atoms with Crippen LogP contribution < -0.4 is 4.90 Å². The summed E-state index contributed by atoms with van der Waals surface area (Å²) in [5, 5.41) is 0. The molecule has 0 N–H and O–H groups in total. The summed E-state index contributed by atoms with van der Waals surface area (Å²) in [5.74, 6) is 0. The number of hydrogen-bond acceptors (Lipinski definition) is 1. The molecule has 1 heterocycles. The Labute approximate surface area is 134 Å². The first-order valence-electron chi connectivity index (χ1n) is 6.85. The Morgan fingerprint density at radius 2 is 1.81 bits per heavy atom. The summed E-state index contributed by atoms with van der Waals surface area (Å²) < 4.78 is 1.09. The molecule has 0 aromatic heterocycles. The summed E-state index contributed by atoms with van der Waals surface area (Å²) in [6.07, 6.45) is 6.34. The summed E-state index contributed by atoms with van der Waals surface area (Å²) in [7, 11) is 0. The Morgan fingerprint density at radius 3 is 2.48 bits per heavy atom. The SMILES string of the molecule is C=C1C=C(c2ccccc2)C=CN1c1ccc(Br)cc1C. The molecule has 0 saturated heterocycles. The molecule has 0 saturated carbocycles. The quantitative estimate of drug-likeness (QED) is 0.680. The standard InChI is InChI=1S/C19H16BrN/c1-14-12-18(20)8-9-19(14)21-11-10-17(13-15(21)2)16-6-4-3-5-7-16/h3-13H,2H2,1H3. The van der Waals surface area contributed by atoms with Crippen LogP contribution in [0.25, 0.3) is 5.57 Å². The third-order valence-corrected chi connectivity index (χ3v) is 4.05. The molecule has 0 unspecified atom stereocenters. The van der Waals surface area contributed by atoms with Crippen molar-refractivity contribution in [1.29, 1.82) is 0 Å². The average Bonchev–Trinajstić information content (AvgIpc) is 2.49. The van der Waals surface area contributed by atoms with Crippen molar-refractivity contribution in [3.63, 3.8) is 0 Å². The van der Waals surface area contributed by atoms with Crippen molar-refractivity contribution >= 4 is 27.2 Å². The second-order valence-electron chi connectivity index (χ2n) is 5.07. The molecule has 1 aliphatic rings. The number of halogens is 1. The molecule has 0 atom stereocenters. The molecule has 2 heteroatoms. The van der Waals surface area contributed by atoms with E-state index >= 15 is 0 Å². The van der Waals surface area contributed by atoms with Crippen LogP contribution in [0.1, 0.15) is 11.1 Å². The Bertz CT molecular complexity index is 741. The minimum atomic E-state index is 0.974. The Kier molecular flexibility index (Phi) is 3.80. The zero-order chi connectivity index (χ0) is 14.8. The highest BCUT2D eigenvalue weighted by Crippen LogP contribution is 2.31. The number of allylic oxidation sites excluding steroid dienone is 3. The van der Waals surface area contributed by atoms with E-state index in [1.54, 1.807) is 0 Å². The van der Waals surface area contributed by atoms with E-state index in [0.29, 0.717) is 0 Å². The van der Waals surface area contributed by atoms with Crippen molar-refractivity contribution in [2.45, 2.75) is 6.92 Å². The molecule has 0 spiro atoms. The maximum absolute atomic E-state index is 4.20. The molecule has 21 heavy (non-hydrogen) atoms. The van der Waals surface area contributed by atoms with Crippen molar-refractivity contribution < 1.29 is 0 Å². The number of benzene rings is 2. The minimum Gasteiger partial charge on any atom is -0.317 e. The lowest BCUT2D eigenvalue weighted by Crippen LogP contribution is -2.16.